The third kappa shape index (κ3) is 3.52. The molecule has 5 heteroatoms. The maximum atomic E-state index is 13.6. The lowest BCUT2D eigenvalue weighted by Crippen LogP contribution is -2.02. The van der Waals surface area contributed by atoms with Crippen LogP contribution < -0.4 is 10.1 Å². The summed E-state index contributed by atoms with van der Waals surface area (Å²) < 4.78 is 18.7. The average Bonchev–Trinajstić information content (AvgIpc) is 2.39. The van der Waals surface area contributed by atoms with Crippen LogP contribution in [0.3, 0.4) is 0 Å². The van der Waals surface area contributed by atoms with Gasteiger partial charge in [-0.2, -0.15) is 0 Å². The van der Waals surface area contributed by atoms with Gasteiger partial charge in [-0.25, -0.2) is 4.39 Å². The predicted octanol–water partition coefficient (Wildman–Crippen LogP) is 4.75. The molecule has 19 heavy (non-hydrogen) atoms. The van der Waals surface area contributed by atoms with Gasteiger partial charge < -0.3 is 10.1 Å². The summed E-state index contributed by atoms with van der Waals surface area (Å²) in [5.41, 5.74) is 1.34. The van der Waals surface area contributed by atoms with Gasteiger partial charge in [-0.15, -0.1) is 0 Å². The molecule has 1 N–H and O–H groups in total. The molecule has 0 radical (unpaired) electrons. The van der Waals surface area contributed by atoms with Gasteiger partial charge in [-0.05, 0) is 24.3 Å². The summed E-state index contributed by atoms with van der Waals surface area (Å²) in [5.74, 6) is 0.240. The summed E-state index contributed by atoms with van der Waals surface area (Å²) in [5, 5.41) is 4.02. The Bertz CT molecular complexity index is 590. The number of hydrogen-bond acceptors (Lipinski definition) is 2. The maximum Gasteiger partial charge on any atom is 0.139 e. The van der Waals surface area contributed by atoms with Gasteiger partial charge in [0.2, 0.25) is 0 Å². The van der Waals surface area contributed by atoms with Gasteiger partial charge in [-0.3, -0.25) is 0 Å². The van der Waals surface area contributed by atoms with Crippen LogP contribution in [0.25, 0.3) is 0 Å². The molecular weight excluding hydrogens is 288 g/mol. The molecule has 0 aliphatic rings. The van der Waals surface area contributed by atoms with Crippen LogP contribution in [0.2, 0.25) is 10.0 Å². The highest BCUT2D eigenvalue weighted by Crippen LogP contribution is 2.27. The van der Waals surface area contributed by atoms with Gasteiger partial charge in [0.1, 0.15) is 11.6 Å². The topological polar surface area (TPSA) is 21.3 Å². The molecule has 0 aliphatic carbocycles. The number of benzene rings is 2. The monoisotopic (exact) mass is 299 g/mol. The Morgan fingerprint density at radius 3 is 2.63 bits per heavy atom. The molecule has 0 saturated heterocycles. The van der Waals surface area contributed by atoms with E-state index in [2.05, 4.69) is 5.32 Å². The summed E-state index contributed by atoms with van der Waals surface area (Å²) in [6, 6.07) is 9.89. The van der Waals surface area contributed by atoms with Crippen LogP contribution >= 0.6 is 23.2 Å². The first-order chi connectivity index (χ1) is 9.10. The Morgan fingerprint density at radius 1 is 1.16 bits per heavy atom. The lowest BCUT2D eigenvalue weighted by Gasteiger charge is -2.10. The Hall–Kier alpha value is -1.45. The Balaban J connectivity index is 2.10. The molecule has 0 fully saturated rings. The minimum atomic E-state index is -0.332. The van der Waals surface area contributed by atoms with Gasteiger partial charge in [0.25, 0.3) is 0 Å². The number of methoxy groups -OCH3 is 1. The van der Waals surface area contributed by atoms with Crippen molar-refractivity contribution in [3.63, 3.8) is 0 Å². The van der Waals surface area contributed by atoms with Crippen molar-refractivity contribution in [3.05, 3.63) is 57.8 Å². The highest BCUT2D eigenvalue weighted by Gasteiger charge is 2.05. The highest BCUT2D eigenvalue weighted by molar-refractivity contribution is 6.32. The fourth-order valence-corrected chi connectivity index (χ4v) is 1.99. The molecule has 0 aliphatic heterocycles. The van der Waals surface area contributed by atoms with Crippen LogP contribution in [-0.4, -0.2) is 7.11 Å². The molecule has 2 rings (SSSR count). The molecule has 2 aromatic rings. The lowest BCUT2D eigenvalue weighted by atomic mass is 10.2. The van der Waals surface area contributed by atoms with E-state index in [0.29, 0.717) is 27.9 Å². The minimum absolute atomic E-state index is 0.332. The first kappa shape index (κ1) is 14.0. The van der Waals surface area contributed by atoms with E-state index in [1.807, 2.05) is 0 Å². The molecule has 0 spiro atoms. The summed E-state index contributed by atoms with van der Waals surface area (Å²) in [6.45, 7) is 0.355. The van der Waals surface area contributed by atoms with Crippen LogP contribution in [0, 0.1) is 5.82 Å². The van der Waals surface area contributed by atoms with Crippen molar-refractivity contribution < 1.29 is 9.13 Å². The van der Waals surface area contributed by atoms with Crippen molar-refractivity contribution in [2.75, 3.05) is 12.4 Å². The van der Waals surface area contributed by atoms with E-state index in [9.17, 15) is 4.39 Å². The summed E-state index contributed by atoms with van der Waals surface area (Å²) in [4.78, 5) is 0. The van der Waals surface area contributed by atoms with E-state index in [1.165, 1.54) is 6.07 Å². The van der Waals surface area contributed by atoms with Crippen molar-refractivity contribution >= 4 is 28.9 Å². The number of hydrogen-bond donors (Lipinski definition) is 1. The molecule has 0 amide bonds. The molecule has 2 aromatic carbocycles. The predicted molar refractivity (Wildman–Crippen MR) is 76.7 cm³/mol. The number of halogens is 3. The summed E-state index contributed by atoms with van der Waals surface area (Å²) in [6.07, 6.45) is 0. The van der Waals surface area contributed by atoms with Gasteiger partial charge in [0.15, 0.2) is 0 Å². The SMILES string of the molecule is COc1cc(NCc2ccc(Cl)cc2F)ccc1Cl. The molecular formula is C14H12Cl2FNO. The van der Waals surface area contributed by atoms with Crippen LogP contribution in [0.5, 0.6) is 5.75 Å². The van der Waals surface area contributed by atoms with Crippen molar-refractivity contribution in [1.29, 1.82) is 0 Å². The van der Waals surface area contributed by atoms with Gasteiger partial charge in [0.05, 0.1) is 12.1 Å². The van der Waals surface area contributed by atoms with Gasteiger partial charge in [-0.1, -0.05) is 29.3 Å². The number of nitrogens with one attached hydrogen (secondary N) is 1. The average molecular weight is 300 g/mol. The minimum Gasteiger partial charge on any atom is -0.495 e. The van der Waals surface area contributed by atoms with Crippen molar-refractivity contribution in [3.8, 4) is 5.75 Å². The Morgan fingerprint density at radius 2 is 1.95 bits per heavy atom. The second-order valence-electron chi connectivity index (χ2n) is 3.94. The molecule has 0 saturated carbocycles. The Labute approximate surface area is 121 Å². The van der Waals surface area contributed by atoms with E-state index in [4.69, 9.17) is 27.9 Å². The molecule has 0 unspecified atom stereocenters. The molecule has 2 nitrogen and oxygen atoms in total. The van der Waals surface area contributed by atoms with E-state index >= 15 is 0 Å². The van der Waals surface area contributed by atoms with Crippen LogP contribution in [-0.2, 0) is 6.54 Å². The zero-order valence-corrected chi connectivity index (χ0v) is 11.7. The number of rotatable bonds is 4. The van der Waals surface area contributed by atoms with E-state index in [1.54, 1.807) is 37.4 Å². The first-order valence-corrected chi connectivity index (χ1v) is 6.37. The van der Waals surface area contributed by atoms with E-state index in [-0.39, 0.29) is 5.82 Å². The fourth-order valence-electron chi connectivity index (χ4n) is 1.63. The molecule has 0 heterocycles. The molecule has 0 atom stereocenters. The zero-order valence-electron chi connectivity index (χ0n) is 10.2. The van der Waals surface area contributed by atoms with E-state index < -0.39 is 0 Å². The second kappa shape index (κ2) is 6.13. The number of anilines is 1. The van der Waals surface area contributed by atoms with Gasteiger partial charge >= 0.3 is 0 Å². The van der Waals surface area contributed by atoms with E-state index in [0.717, 1.165) is 5.69 Å². The largest absolute Gasteiger partial charge is 0.495 e. The summed E-state index contributed by atoms with van der Waals surface area (Å²) in [7, 11) is 1.55. The fraction of sp³-hybridized carbons (Fsp3) is 0.143. The standard InChI is InChI=1S/C14H12Cl2FNO/c1-19-14-7-11(4-5-12(14)16)18-8-9-2-3-10(15)6-13(9)17/h2-7,18H,8H2,1H3. The summed E-state index contributed by atoms with van der Waals surface area (Å²) >= 11 is 11.6. The maximum absolute atomic E-state index is 13.6. The molecule has 100 valence electrons. The Kier molecular flexibility index (Phi) is 4.51. The van der Waals surface area contributed by atoms with Crippen LogP contribution in [0.4, 0.5) is 10.1 Å². The highest BCUT2D eigenvalue weighted by atomic mass is 35.5. The third-order valence-electron chi connectivity index (χ3n) is 2.65. The second-order valence-corrected chi connectivity index (χ2v) is 4.78. The number of ether oxygens (including phenoxy) is 1. The third-order valence-corrected chi connectivity index (χ3v) is 3.20. The quantitative estimate of drug-likeness (QED) is 0.879. The smallest absolute Gasteiger partial charge is 0.139 e. The molecule has 0 aromatic heterocycles. The van der Waals surface area contributed by atoms with Crippen molar-refractivity contribution in [2.24, 2.45) is 0 Å². The van der Waals surface area contributed by atoms with Crippen molar-refractivity contribution in [1.82, 2.24) is 0 Å². The van der Waals surface area contributed by atoms with Crippen molar-refractivity contribution in [2.45, 2.75) is 6.54 Å². The zero-order chi connectivity index (χ0) is 13.8. The first-order valence-electron chi connectivity index (χ1n) is 5.61. The lowest BCUT2D eigenvalue weighted by molar-refractivity contribution is 0.415. The van der Waals surface area contributed by atoms with Crippen LogP contribution in [0.1, 0.15) is 5.56 Å². The van der Waals surface area contributed by atoms with Gasteiger partial charge in [0, 0.05) is 28.9 Å². The normalized spacial score (nSPS) is 10.3. The molecule has 0 bridgehead atoms. The van der Waals surface area contributed by atoms with Crippen LogP contribution in [0.15, 0.2) is 36.4 Å².